The van der Waals surface area contributed by atoms with Gasteiger partial charge < -0.3 is 5.32 Å². The number of hydrogen-bond donors (Lipinski definition) is 1. The quantitative estimate of drug-likeness (QED) is 0.409. The Bertz CT molecular complexity index is 229. The predicted octanol–water partition coefficient (Wildman–Crippen LogP) is 7.00. The fourth-order valence-corrected chi connectivity index (χ4v) is 4.51. The van der Waals surface area contributed by atoms with Gasteiger partial charge in [-0.2, -0.15) is 0 Å². The maximum atomic E-state index is 4.32. The van der Waals surface area contributed by atoms with E-state index in [0.717, 1.165) is 0 Å². The fourth-order valence-electron chi connectivity index (χ4n) is 4.51. The predicted molar refractivity (Wildman–Crippen MR) is 101 cm³/mol. The summed E-state index contributed by atoms with van der Waals surface area (Å²) in [6, 6.07) is 0. The number of unbranched alkanes of at least 4 members (excludes halogenated alkanes) is 4. The van der Waals surface area contributed by atoms with Crippen molar-refractivity contribution in [3.8, 4) is 0 Å². The molecular formula is C21H43N. The minimum absolute atomic E-state index is 0.464. The SMILES string of the molecule is CCCCC1(CCCC)CCCC(CCCC)(CCCC)N1. The highest BCUT2D eigenvalue weighted by Crippen LogP contribution is 2.40. The van der Waals surface area contributed by atoms with Gasteiger partial charge in [-0.3, -0.25) is 0 Å². The van der Waals surface area contributed by atoms with Crippen LogP contribution >= 0.6 is 0 Å². The molecule has 1 aliphatic rings. The lowest BCUT2D eigenvalue weighted by atomic mass is 9.71. The molecular weight excluding hydrogens is 266 g/mol. The van der Waals surface area contributed by atoms with Gasteiger partial charge in [0.2, 0.25) is 0 Å². The highest BCUT2D eigenvalue weighted by atomic mass is 15.1. The highest BCUT2D eigenvalue weighted by Gasteiger charge is 2.42. The van der Waals surface area contributed by atoms with Crippen LogP contribution in [0.1, 0.15) is 124 Å². The van der Waals surface area contributed by atoms with E-state index in [1.807, 2.05) is 0 Å². The Kier molecular flexibility index (Phi) is 9.71. The first-order valence-corrected chi connectivity index (χ1v) is 10.4. The van der Waals surface area contributed by atoms with Crippen molar-refractivity contribution in [1.29, 1.82) is 0 Å². The molecule has 0 amide bonds. The third-order valence-corrected chi connectivity index (χ3v) is 5.88. The standard InChI is InChI=1S/C21H43N/c1-5-9-14-20(15-10-6-2)18-13-19-21(22-20,16-11-7-3)17-12-8-4/h22H,5-19H2,1-4H3. The van der Waals surface area contributed by atoms with Gasteiger partial charge in [-0.05, 0) is 44.9 Å². The molecule has 1 heterocycles. The maximum absolute atomic E-state index is 4.32. The molecule has 1 fully saturated rings. The largest absolute Gasteiger partial charge is 0.306 e. The van der Waals surface area contributed by atoms with Crippen LogP contribution in [0.3, 0.4) is 0 Å². The molecule has 22 heavy (non-hydrogen) atoms. The molecule has 1 heteroatoms. The lowest BCUT2D eigenvalue weighted by Gasteiger charge is -2.51. The molecule has 0 aromatic carbocycles. The highest BCUT2D eigenvalue weighted by molar-refractivity contribution is 5.02. The summed E-state index contributed by atoms with van der Waals surface area (Å²) in [5.41, 5.74) is 0.928. The lowest BCUT2D eigenvalue weighted by Crippen LogP contribution is -2.61. The Labute approximate surface area is 141 Å². The normalized spacial score (nSPS) is 20.2. The van der Waals surface area contributed by atoms with Crippen molar-refractivity contribution in [1.82, 2.24) is 5.32 Å². The summed E-state index contributed by atoms with van der Waals surface area (Å²) in [7, 11) is 0. The molecule has 0 saturated carbocycles. The molecule has 1 nitrogen and oxygen atoms in total. The number of nitrogens with one attached hydrogen (secondary N) is 1. The van der Waals surface area contributed by atoms with E-state index in [-0.39, 0.29) is 0 Å². The molecule has 1 N–H and O–H groups in total. The minimum atomic E-state index is 0.464. The van der Waals surface area contributed by atoms with E-state index in [1.165, 1.54) is 96.3 Å². The smallest absolute Gasteiger partial charge is 0.0186 e. The van der Waals surface area contributed by atoms with Crippen molar-refractivity contribution in [2.24, 2.45) is 0 Å². The molecule has 0 spiro atoms. The summed E-state index contributed by atoms with van der Waals surface area (Å²) in [4.78, 5) is 0. The fraction of sp³-hybridized carbons (Fsp3) is 1.00. The average molecular weight is 310 g/mol. The summed E-state index contributed by atoms with van der Waals surface area (Å²) >= 11 is 0. The molecule has 0 radical (unpaired) electrons. The summed E-state index contributed by atoms with van der Waals surface area (Å²) < 4.78 is 0. The maximum Gasteiger partial charge on any atom is 0.0186 e. The molecule has 132 valence electrons. The van der Waals surface area contributed by atoms with E-state index in [9.17, 15) is 0 Å². The van der Waals surface area contributed by atoms with Gasteiger partial charge in [0.25, 0.3) is 0 Å². The summed E-state index contributed by atoms with van der Waals surface area (Å²) in [5, 5.41) is 4.32. The zero-order valence-electron chi connectivity index (χ0n) is 16.1. The first kappa shape index (κ1) is 20.0. The van der Waals surface area contributed by atoms with Gasteiger partial charge in [0.05, 0.1) is 0 Å². The zero-order valence-corrected chi connectivity index (χ0v) is 16.1. The molecule has 1 saturated heterocycles. The van der Waals surface area contributed by atoms with Crippen molar-refractivity contribution in [2.45, 2.75) is 135 Å². The van der Waals surface area contributed by atoms with Gasteiger partial charge in [-0.15, -0.1) is 0 Å². The van der Waals surface area contributed by atoms with E-state index >= 15 is 0 Å². The molecule has 0 bridgehead atoms. The van der Waals surface area contributed by atoms with Gasteiger partial charge in [-0.25, -0.2) is 0 Å². The topological polar surface area (TPSA) is 12.0 Å². The zero-order chi connectivity index (χ0) is 16.3. The molecule has 0 atom stereocenters. The summed E-state index contributed by atoms with van der Waals surface area (Å²) in [6.07, 6.45) is 20.9. The van der Waals surface area contributed by atoms with Crippen molar-refractivity contribution < 1.29 is 0 Å². The first-order valence-electron chi connectivity index (χ1n) is 10.4. The third kappa shape index (κ3) is 6.22. The van der Waals surface area contributed by atoms with Gasteiger partial charge >= 0.3 is 0 Å². The second-order valence-corrected chi connectivity index (χ2v) is 7.95. The molecule has 0 unspecified atom stereocenters. The monoisotopic (exact) mass is 309 g/mol. The Morgan fingerprint density at radius 1 is 0.591 bits per heavy atom. The number of piperidine rings is 1. The van der Waals surface area contributed by atoms with Gasteiger partial charge in [0.15, 0.2) is 0 Å². The van der Waals surface area contributed by atoms with Crippen molar-refractivity contribution in [3.05, 3.63) is 0 Å². The Morgan fingerprint density at radius 3 is 1.18 bits per heavy atom. The van der Waals surface area contributed by atoms with E-state index < -0.39 is 0 Å². The second-order valence-electron chi connectivity index (χ2n) is 7.95. The van der Waals surface area contributed by atoms with Crippen LogP contribution in [0.2, 0.25) is 0 Å². The van der Waals surface area contributed by atoms with Crippen LogP contribution in [0.25, 0.3) is 0 Å². The molecule has 0 aliphatic carbocycles. The molecule has 0 aromatic heterocycles. The van der Waals surface area contributed by atoms with Crippen LogP contribution < -0.4 is 5.32 Å². The number of hydrogen-bond acceptors (Lipinski definition) is 1. The van der Waals surface area contributed by atoms with Crippen LogP contribution in [-0.2, 0) is 0 Å². The minimum Gasteiger partial charge on any atom is -0.306 e. The van der Waals surface area contributed by atoms with Crippen molar-refractivity contribution >= 4 is 0 Å². The molecule has 1 aliphatic heterocycles. The van der Waals surface area contributed by atoms with Crippen LogP contribution in [0.15, 0.2) is 0 Å². The Balaban J connectivity index is 2.82. The second kappa shape index (κ2) is 10.7. The Hall–Kier alpha value is -0.0400. The van der Waals surface area contributed by atoms with Crippen molar-refractivity contribution in [2.75, 3.05) is 0 Å². The van der Waals surface area contributed by atoms with Crippen LogP contribution in [0.4, 0.5) is 0 Å². The number of rotatable bonds is 12. The van der Waals surface area contributed by atoms with E-state index in [4.69, 9.17) is 0 Å². The molecule has 0 aromatic rings. The van der Waals surface area contributed by atoms with Gasteiger partial charge in [0, 0.05) is 11.1 Å². The van der Waals surface area contributed by atoms with Crippen LogP contribution in [0.5, 0.6) is 0 Å². The van der Waals surface area contributed by atoms with E-state index in [2.05, 4.69) is 33.0 Å². The summed E-state index contributed by atoms with van der Waals surface area (Å²) in [6.45, 7) is 9.38. The van der Waals surface area contributed by atoms with Crippen molar-refractivity contribution in [3.63, 3.8) is 0 Å². The van der Waals surface area contributed by atoms with Gasteiger partial charge in [-0.1, -0.05) is 79.1 Å². The third-order valence-electron chi connectivity index (χ3n) is 5.88. The first-order chi connectivity index (χ1) is 10.7. The molecule has 1 rings (SSSR count). The van der Waals surface area contributed by atoms with Gasteiger partial charge in [0.1, 0.15) is 0 Å². The van der Waals surface area contributed by atoms with Crippen LogP contribution in [-0.4, -0.2) is 11.1 Å². The Morgan fingerprint density at radius 2 is 0.909 bits per heavy atom. The summed E-state index contributed by atoms with van der Waals surface area (Å²) in [5.74, 6) is 0. The van der Waals surface area contributed by atoms with Crippen LogP contribution in [0, 0.1) is 0 Å². The van der Waals surface area contributed by atoms with E-state index in [1.54, 1.807) is 0 Å². The van der Waals surface area contributed by atoms with E-state index in [0.29, 0.717) is 11.1 Å². The lowest BCUT2D eigenvalue weighted by molar-refractivity contribution is 0.0885. The average Bonchev–Trinajstić information content (AvgIpc) is 2.55.